The zero-order valence-corrected chi connectivity index (χ0v) is 11.7. The second-order valence-electron chi connectivity index (χ2n) is 4.69. The number of unbranched alkanes of at least 4 members (excludes halogenated alkanes) is 1. The average molecular weight is 246 g/mol. The summed E-state index contributed by atoms with van der Waals surface area (Å²) < 4.78 is 4.09. The van der Waals surface area contributed by atoms with E-state index in [0.717, 1.165) is 18.9 Å². The van der Waals surface area contributed by atoms with Crippen LogP contribution in [0.3, 0.4) is 0 Å². The number of rotatable bonds is 3. The monoisotopic (exact) mass is 246 g/mol. The Morgan fingerprint density at radius 3 is 2.35 bits per heavy atom. The SMILES string of the molecule is CC1C[NH+](C)C(C)N1C.CCCCOC(=O)[O-]. The van der Waals surface area contributed by atoms with E-state index in [1.807, 2.05) is 6.92 Å². The third-order valence-corrected chi connectivity index (χ3v) is 3.35. The molecule has 1 N–H and O–H groups in total. The summed E-state index contributed by atoms with van der Waals surface area (Å²) in [6, 6.07) is 0.764. The molecule has 5 heteroatoms. The first-order valence-electron chi connectivity index (χ1n) is 6.28. The van der Waals surface area contributed by atoms with Crippen LogP contribution in [-0.4, -0.2) is 50.5 Å². The highest BCUT2D eigenvalue weighted by molar-refractivity contribution is 5.53. The third-order valence-electron chi connectivity index (χ3n) is 3.35. The molecule has 0 spiro atoms. The molecular formula is C12H26N2O3. The molecule has 0 amide bonds. The predicted molar refractivity (Wildman–Crippen MR) is 64.7 cm³/mol. The van der Waals surface area contributed by atoms with E-state index in [0.29, 0.717) is 6.17 Å². The molecule has 1 saturated heterocycles. The molecule has 0 radical (unpaired) electrons. The zero-order chi connectivity index (χ0) is 13.4. The molecule has 1 rings (SSSR count). The fourth-order valence-electron chi connectivity index (χ4n) is 1.81. The summed E-state index contributed by atoms with van der Waals surface area (Å²) >= 11 is 0. The summed E-state index contributed by atoms with van der Waals surface area (Å²) in [5, 5.41) is 9.54. The molecule has 3 atom stereocenters. The van der Waals surface area contributed by atoms with Crippen molar-refractivity contribution in [1.29, 1.82) is 0 Å². The molecule has 0 saturated carbocycles. The summed E-state index contributed by atoms with van der Waals surface area (Å²) in [5.41, 5.74) is 0. The fraction of sp³-hybridized carbons (Fsp3) is 0.917. The summed E-state index contributed by atoms with van der Waals surface area (Å²) in [5.74, 6) is 0. The van der Waals surface area contributed by atoms with Crippen LogP contribution in [0.25, 0.3) is 0 Å². The quantitative estimate of drug-likeness (QED) is 0.530. The lowest BCUT2D eigenvalue weighted by atomic mass is 10.3. The molecule has 1 aliphatic rings. The van der Waals surface area contributed by atoms with E-state index in [9.17, 15) is 9.90 Å². The Kier molecular flexibility index (Phi) is 7.91. The van der Waals surface area contributed by atoms with Gasteiger partial charge in [-0.05, 0) is 20.4 Å². The van der Waals surface area contributed by atoms with Crippen LogP contribution in [0, 0.1) is 0 Å². The van der Waals surface area contributed by atoms with E-state index >= 15 is 0 Å². The number of quaternary nitrogens is 1. The van der Waals surface area contributed by atoms with Crippen LogP contribution >= 0.6 is 0 Å². The lowest BCUT2D eigenvalue weighted by Crippen LogP contribution is -3.11. The maximum Gasteiger partial charge on any atom is 0.251 e. The molecule has 0 aromatic heterocycles. The Labute approximate surface area is 104 Å². The minimum absolute atomic E-state index is 0.263. The summed E-state index contributed by atoms with van der Waals surface area (Å²) in [6.07, 6.45) is 0.986. The summed E-state index contributed by atoms with van der Waals surface area (Å²) in [6.45, 7) is 8.07. The van der Waals surface area contributed by atoms with Gasteiger partial charge in [0.15, 0.2) is 0 Å². The number of carbonyl (C=O) groups is 1. The Morgan fingerprint density at radius 2 is 2.12 bits per heavy atom. The van der Waals surface area contributed by atoms with Crippen molar-refractivity contribution in [1.82, 2.24) is 4.90 Å². The van der Waals surface area contributed by atoms with Crippen molar-refractivity contribution in [2.24, 2.45) is 0 Å². The number of carboxylic acid groups (broad SMARTS) is 1. The number of hydrogen-bond acceptors (Lipinski definition) is 4. The standard InChI is InChI=1S/C7H16N2.C5H10O3/c1-6-5-8(3)7(2)9(6)4;1-2-3-4-8-5(6)7/h6-7H,5H2,1-4H3;2-4H2,1H3,(H,6,7). The van der Waals surface area contributed by atoms with Crippen molar-refractivity contribution in [2.75, 3.05) is 27.2 Å². The van der Waals surface area contributed by atoms with E-state index in [1.165, 1.54) is 6.54 Å². The second kappa shape index (κ2) is 8.31. The molecule has 0 aliphatic carbocycles. The second-order valence-corrected chi connectivity index (χ2v) is 4.69. The first-order valence-corrected chi connectivity index (χ1v) is 6.28. The highest BCUT2D eigenvalue weighted by Crippen LogP contribution is 2.00. The number of nitrogens with zero attached hydrogens (tertiary/aromatic N) is 1. The normalized spacial score (nSPS) is 28.4. The molecule has 102 valence electrons. The van der Waals surface area contributed by atoms with Gasteiger partial charge in [-0.25, -0.2) is 4.90 Å². The minimum Gasteiger partial charge on any atom is -0.550 e. The first-order chi connectivity index (χ1) is 7.90. The fourth-order valence-corrected chi connectivity index (χ4v) is 1.81. The Morgan fingerprint density at radius 1 is 1.53 bits per heavy atom. The van der Waals surface area contributed by atoms with Crippen molar-refractivity contribution in [3.63, 3.8) is 0 Å². The maximum absolute atomic E-state index is 9.54. The minimum atomic E-state index is -1.43. The first kappa shape index (κ1) is 16.2. The lowest BCUT2D eigenvalue weighted by molar-refractivity contribution is -0.896. The largest absolute Gasteiger partial charge is 0.550 e. The van der Waals surface area contributed by atoms with E-state index in [1.54, 1.807) is 4.90 Å². The van der Waals surface area contributed by atoms with E-state index in [4.69, 9.17) is 0 Å². The van der Waals surface area contributed by atoms with Crippen molar-refractivity contribution < 1.29 is 19.5 Å². The van der Waals surface area contributed by atoms with E-state index < -0.39 is 6.16 Å². The third kappa shape index (κ3) is 6.48. The van der Waals surface area contributed by atoms with Crippen LogP contribution in [0.4, 0.5) is 4.79 Å². The smallest absolute Gasteiger partial charge is 0.251 e. The molecule has 5 nitrogen and oxygen atoms in total. The van der Waals surface area contributed by atoms with Crippen molar-refractivity contribution >= 4 is 6.16 Å². The van der Waals surface area contributed by atoms with E-state index in [2.05, 4.69) is 37.6 Å². The number of nitrogens with one attached hydrogen (secondary N) is 1. The summed E-state index contributed by atoms with van der Waals surface area (Å²) in [7, 11) is 4.45. The number of ether oxygens (including phenoxy) is 1. The van der Waals surface area contributed by atoms with Crippen LogP contribution in [0.1, 0.15) is 33.6 Å². The Hall–Kier alpha value is -0.810. The summed E-state index contributed by atoms with van der Waals surface area (Å²) in [4.78, 5) is 13.6. The number of carbonyl (C=O) groups excluding carboxylic acids is 1. The molecule has 1 aliphatic heterocycles. The van der Waals surface area contributed by atoms with Crippen LogP contribution < -0.4 is 10.0 Å². The van der Waals surface area contributed by atoms with Gasteiger partial charge in [0.1, 0.15) is 6.17 Å². The van der Waals surface area contributed by atoms with Crippen molar-refractivity contribution in [3.05, 3.63) is 0 Å². The van der Waals surface area contributed by atoms with Gasteiger partial charge in [-0.15, -0.1) is 0 Å². The molecule has 1 heterocycles. The van der Waals surface area contributed by atoms with Crippen LogP contribution in [0.2, 0.25) is 0 Å². The van der Waals surface area contributed by atoms with Gasteiger partial charge in [0.25, 0.3) is 6.16 Å². The van der Waals surface area contributed by atoms with Gasteiger partial charge in [0.2, 0.25) is 0 Å². The predicted octanol–water partition coefficient (Wildman–Crippen LogP) is -0.673. The Balaban J connectivity index is 0.000000304. The Bertz CT molecular complexity index is 212. The molecule has 3 unspecified atom stereocenters. The van der Waals surface area contributed by atoms with Gasteiger partial charge in [-0.1, -0.05) is 13.3 Å². The highest BCUT2D eigenvalue weighted by Gasteiger charge is 2.31. The van der Waals surface area contributed by atoms with Gasteiger partial charge < -0.3 is 19.5 Å². The van der Waals surface area contributed by atoms with E-state index in [-0.39, 0.29) is 6.61 Å². The van der Waals surface area contributed by atoms with Gasteiger partial charge >= 0.3 is 0 Å². The van der Waals surface area contributed by atoms with Crippen LogP contribution in [0.5, 0.6) is 0 Å². The van der Waals surface area contributed by atoms with Crippen LogP contribution in [0.15, 0.2) is 0 Å². The number of hydrogen-bond donors (Lipinski definition) is 1. The van der Waals surface area contributed by atoms with Crippen LogP contribution in [-0.2, 0) is 4.74 Å². The highest BCUT2D eigenvalue weighted by atomic mass is 16.7. The molecule has 1 fully saturated rings. The van der Waals surface area contributed by atoms with Gasteiger partial charge in [0.05, 0.1) is 19.6 Å². The van der Waals surface area contributed by atoms with Crippen molar-refractivity contribution in [3.8, 4) is 0 Å². The molecular weight excluding hydrogens is 220 g/mol. The topological polar surface area (TPSA) is 57.0 Å². The zero-order valence-electron chi connectivity index (χ0n) is 11.7. The molecule has 0 aromatic carbocycles. The van der Waals surface area contributed by atoms with Crippen molar-refractivity contribution in [2.45, 2.75) is 45.8 Å². The molecule has 0 aromatic rings. The van der Waals surface area contributed by atoms with Gasteiger partial charge in [-0.2, -0.15) is 0 Å². The van der Waals surface area contributed by atoms with Gasteiger partial charge in [0, 0.05) is 13.5 Å². The maximum atomic E-state index is 9.54. The van der Waals surface area contributed by atoms with Gasteiger partial charge in [-0.3, -0.25) is 0 Å². The number of likely N-dealkylation sites (N-methyl/N-ethyl adjacent to an activating group) is 2. The molecule has 17 heavy (non-hydrogen) atoms. The average Bonchev–Trinajstić information content (AvgIpc) is 2.47. The lowest BCUT2D eigenvalue weighted by Gasteiger charge is -2.17. The molecule has 0 bridgehead atoms.